The number of hydrogen-bond donors (Lipinski definition) is 0. The smallest absolute Gasteiger partial charge is 0.266 e. The Morgan fingerprint density at radius 3 is 2.85 bits per heavy atom. The summed E-state index contributed by atoms with van der Waals surface area (Å²) in [5, 5.41) is 1.27. The minimum Gasteiger partial charge on any atom is -0.492 e. The van der Waals surface area contributed by atoms with Crippen LogP contribution in [0.3, 0.4) is 0 Å². The Kier molecular flexibility index (Phi) is 5.45. The maximum atomic E-state index is 13.3. The summed E-state index contributed by atoms with van der Waals surface area (Å²) in [4.78, 5) is 18.1. The van der Waals surface area contributed by atoms with Gasteiger partial charge in [0.25, 0.3) is 5.56 Å². The van der Waals surface area contributed by atoms with Crippen LogP contribution in [0.5, 0.6) is 5.75 Å². The van der Waals surface area contributed by atoms with E-state index in [2.05, 4.69) is 0 Å². The molecule has 0 N–H and O–H groups in total. The summed E-state index contributed by atoms with van der Waals surface area (Å²) in [7, 11) is 0. The highest BCUT2D eigenvalue weighted by Crippen LogP contribution is 2.29. The Balaban J connectivity index is 1.85. The molecule has 4 rings (SSSR count). The highest BCUT2D eigenvalue weighted by atomic mass is 32.2. The molecule has 0 radical (unpaired) electrons. The third-order valence-corrected chi connectivity index (χ3v) is 5.64. The van der Waals surface area contributed by atoms with E-state index in [1.165, 1.54) is 0 Å². The number of ether oxygens (including phenoxy) is 2. The molecule has 0 amide bonds. The summed E-state index contributed by atoms with van der Waals surface area (Å²) in [6, 6.07) is 15.1. The lowest BCUT2D eigenvalue weighted by atomic mass is 10.2. The van der Waals surface area contributed by atoms with Crippen LogP contribution in [0, 0.1) is 0 Å². The van der Waals surface area contributed by atoms with E-state index >= 15 is 0 Å². The van der Waals surface area contributed by atoms with Crippen LogP contribution in [0.4, 0.5) is 0 Å². The van der Waals surface area contributed by atoms with Gasteiger partial charge < -0.3 is 9.47 Å². The quantitative estimate of drug-likeness (QED) is 0.475. The first kappa shape index (κ1) is 18.1. The fourth-order valence-electron chi connectivity index (χ4n) is 3.28. The van der Waals surface area contributed by atoms with Crippen LogP contribution in [0.25, 0.3) is 16.6 Å². The second kappa shape index (κ2) is 8.15. The van der Waals surface area contributed by atoms with Crippen LogP contribution in [0.15, 0.2) is 58.5 Å². The van der Waals surface area contributed by atoms with Gasteiger partial charge in [-0.15, -0.1) is 0 Å². The Morgan fingerprint density at radius 1 is 1.22 bits per heavy atom. The normalized spacial score (nSPS) is 16.7. The van der Waals surface area contributed by atoms with Crippen LogP contribution in [-0.4, -0.2) is 34.6 Å². The molecule has 6 heteroatoms. The summed E-state index contributed by atoms with van der Waals surface area (Å²) in [6.45, 7) is 3.28. The van der Waals surface area contributed by atoms with Crippen molar-refractivity contribution in [1.82, 2.24) is 9.55 Å². The lowest BCUT2D eigenvalue weighted by molar-refractivity contribution is 0.129. The molecular weight excluding hydrogens is 360 g/mol. The minimum absolute atomic E-state index is 0.0809. The molecule has 0 unspecified atom stereocenters. The highest BCUT2D eigenvalue weighted by Gasteiger charge is 2.20. The average Bonchev–Trinajstić information content (AvgIpc) is 3.21. The van der Waals surface area contributed by atoms with E-state index in [0.717, 1.165) is 30.9 Å². The second-order valence-electron chi connectivity index (χ2n) is 6.40. The van der Waals surface area contributed by atoms with Gasteiger partial charge in [0, 0.05) is 12.4 Å². The van der Waals surface area contributed by atoms with Crippen LogP contribution >= 0.6 is 11.8 Å². The predicted octanol–water partition coefficient (Wildman–Crippen LogP) is 4.06. The zero-order chi connectivity index (χ0) is 18.6. The maximum absolute atomic E-state index is 13.3. The predicted molar refractivity (Wildman–Crippen MR) is 108 cm³/mol. The molecule has 2 aromatic carbocycles. The standard InChI is InChI=1S/C21H22N2O3S/c1-2-25-19-12-6-5-11-18(19)23-20(24)16-9-3-4-10-17(16)22-21(23)27-14-15-8-7-13-26-15/h3-6,9-12,15H,2,7-8,13-14H2,1H3/t15-/m0/s1. The largest absolute Gasteiger partial charge is 0.492 e. The molecule has 1 fully saturated rings. The van der Waals surface area contributed by atoms with Crippen LogP contribution in [-0.2, 0) is 4.74 Å². The zero-order valence-corrected chi connectivity index (χ0v) is 16.1. The molecule has 5 nitrogen and oxygen atoms in total. The van der Waals surface area contributed by atoms with Gasteiger partial charge in [0.1, 0.15) is 5.75 Å². The molecular formula is C21H22N2O3S. The lowest BCUT2D eigenvalue weighted by Crippen LogP contribution is -2.23. The monoisotopic (exact) mass is 382 g/mol. The number of fused-ring (bicyclic) bond motifs is 1. The summed E-state index contributed by atoms with van der Waals surface area (Å²) in [5.74, 6) is 1.46. The van der Waals surface area contributed by atoms with Gasteiger partial charge in [-0.25, -0.2) is 4.98 Å². The van der Waals surface area contributed by atoms with Gasteiger partial charge in [-0.05, 0) is 44.0 Å². The van der Waals surface area contributed by atoms with E-state index in [1.54, 1.807) is 16.3 Å². The topological polar surface area (TPSA) is 53.4 Å². The lowest BCUT2D eigenvalue weighted by Gasteiger charge is -2.17. The number of aromatic nitrogens is 2. The molecule has 3 aromatic rings. The third kappa shape index (κ3) is 3.73. The molecule has 1 aliphatic heterocycles. The fourth-order valence-corrected chi connectivity index (χ4v) is 4.36. The van der Waals surface area contributed by atoms with Crippen LogP contribution in [0.2, 0.25) is 0 Å². The van der Waals surface area contributed by atoms with Crippen LogP contribution in [0.1, 0.15) is 19.8 Å². The van der Waals surface area contributed by atoms with E-state index < -0.39 is 0 Å². The van der Waals surface area contributed by atoms with Crippen molar-refractivity contribution in [2.75, 3.05) is 19.0 Å². The first-order valence-corrected chi connectivity index (χ1v) is 10.2. The Hall–Kier alpha value is -2.31. The number of benzene rings is 2. The molecule has 2 heterocycles. The third-order valence-electron chi connectivity index (χ3n) is 4.57. The maximum Gasteiger partial charge on any atom is 0.266 e. The Morgan fingerprint density at radius 2 is 2.04 bits per heavy atom. The van der Waals surface area contributed by atoms with Gasteiger partial charge >= 0.3 is 0 Å². The summed E-state index contributed by atoms with van der Waals surface area (Å²) in [6.07, 6.45) is 2.37. The molecule has 0 spiro atoms. The van der Waals surface area contributed by atoms with Gasteiger partial charge in [0.05, 0.1) is 29.3 Å². The molecule has 0 bridgehead atoms. The van der Waals surface area contributed by atoms with Crippen molar-refractivity contribution in [2.24, 2.45) is 0 Å². The molecule has 1 saturated heterocycles. The zero-order valence-electron chi connectivity index (χ0n) is 15.3. The van der Waals surface area contributed by atoms with E-state index in [-0.39, 0.29) is 11.7 Å². The second-order valence-corrected chi connectivity index (χ2v) is 7.39. The number of para-hydroxylation sites is 3. The van der Waals surface area contributed by atoms with Crippen molar-refractivity contribution in [3.63, 3.8) is 0 Å². The van der Waals surface area contributed by atoms with Crippen molar-refractivity contribution >= 4 is 22.7 Å². The molecule has 1 aromatic heterocycles. The number of hydrogen-bond acceptors (Lipinski definition) is 5. The highest BCUT2D eigenvalue weighted by molar-refractivity contribution is 7.99. The van der Waals surface area contributed by atoms with Gasteiger partial charge in [-0.2, -0.15) is 0 Å². The first-order valence-electron chi connectivity index (χ1n) is 9.26. The van der Waals surface area contributed by atoms with Crippen molar-refractivity contribution in [2.45, 2.75) is 31.0 Å². The number of thioether (sulfide) groups is 1. The number of nitrogens with zero attached hydrogens (tertiary/aromatic N) is 2. The Bertz CT molecular complexity index is 996. The van der Waals surface area contributed by atoms with Crippen molar-refractivity contribution in [3.05, 3.63) is 58.9 Å². The first-order chi connectivity index (χ1) is 13.3. The molecule has 27 heavy (non-hydrogen) atoms. The molecule has 1 aliphatic rings. The van der Waals surface area contributed by atoms with E-state index in [0.29, 0.717) is 28.4 Å². The summed E-state index contributed by atoms with van der Waals surface area (Å²) >= 11 is 1.57. The van der Waals surface area contributed by atoms with Gasteiger partial charge in [-0.3, -0.25) is 9.36 Å². The average molecular weight is 382 g/mol. The van der Waals surface area contributed by atoms with Gasteiger partial charge in [-0.1, -0.05) is 36.0 Å². The van der Waals surface area contributed by atoms with Crippen molar-refractivity contribution < 1.29 is 9.47 Å². The minimum atomic E-state index is -0.0809. The van der Waals surface area contributed by atoms with E-state index in [9.17, 15) is 4.79 Å². The number of rotatable bonds is 6. The van der Waals surface area contributed by atoms with Crippen LogP contribution < -0.4 is 10.3 Å². The SMILES string of the molecule is CCOc1ccccc1-n1c(SC[C@@H]2CCCO2)nc2ccccc2c1=O. The fraction of sp³-hybridized carbons (Fsp3) is 0.333. The summed E-state index contributed by atoms with van der Waals surface area (Å²) in [5.41, 5.74) is 1.35. The van der Waals surface area contributed by atoms with Gasteiger partial charge in [0.2, 0.25) is 0 Å². The molecule has 0 aliphatic carbocycles. The molecule has 1 atom stereocenters. The van der Waals surface area contributed by atoms with Crippen molar-refractivity contribution in [1.29, 1.82) is 0 Å². The molecule has 0 saturated carbocycles. The molecule has 140 valence electrons. The van der Waals surface area contributed by atoms with E-state index in [4.69, 9.17) is 14.5 Å². The van der Waals surface area contributed by atoms with E-state index in [1.807, 2.05) is 55.5 Å². The summed E-state index contributed by atoms with van der Waals surface area (Å²) < 4.78 is 13.2. The Labute approximate surface area is 162 Å². The van der Waals surface area contributed by atoms with Gasteiger partial charge in [0.15, 0.2) is 5.16 Å². The van der Waals surface area contributed by atoms with Crippen molar-refractivity contribution in [3.8, 4) is 11.4 Å².